The monoisotopic (exact) mass is 258 g/mol. The molecule has 1 atom stereocenters. The molecule has 1 saturated heterocycles. The molecule has 1 heterocycles. The first-order valence-corrected chi connectivity index (χ1v) is 7.05. The van der Waals surface area contributed by atoms with Gasteiger partial charge in [0.15, 0.2) is 0 Å². The van der Waals surface area contributed by atoms with E-state index in [1.54, 1.807) is 0 Å². The fourth-order valence-corrected chi connectivity index (χ4v) is 2.48. The van der Waals surface area contributed by atoms with Gasteiger partial charge in [0, 0.05) is 45.9 Å². The Hall–Kier alpha value is -0.200. The molecule has 0 saturated carbocycles. The lowest BCUT2D eigenvalue weighted by Gasteiger charge is -2.35. The van der Waals surface area contributed by atoms with Crippen LogP contribution in [-0.4, -0.2) is 75.5 Å². The SMILES string of the molecule is CC(C)CN(C)CC1CN(CCNCN)CCO1. The highest BCUT2D eigenvalue weighted by atomic mass is 16.5. The normalized spacial score (nSPS) is 22.0. The number of rotatable bonds is 8. The zero-order valence-electron chi connectivity index (χ0n) is 12.2. The standard InChI is InChI=1S/C13H30N4O/c1-12(2)8-16(3)9-13-10-17(6-7-18-13)5-4-15-11-14/h12-13,15H,4-11,14H2,1-3H3. The number of nitrogens with two attached hydrogens (primary N) is 1. The van der Waals surface area contributed by atoms with Crippen LogP contribution in [0.3, 0.4) is 0 Å². The predicted octanol–water partition coefficient (Wildman–Crippen LogP) is -0.219. The molecule has 108 valence electrons. The van der Waals surface area contributed by atoms with Crippen LogP contribution in [0.4, 0.5) is 0 Å². The fourth-order valence-electron chi connectivity index (χ4n) is 2.48. The van der Waals surface area contributed by atoms with Crippen LogP contribution in [0.1, 0.15) is 13.8 Å². The predicted molar refractivity (Wildman–Crippen MR) is 75.6 cm³/mol. The molecule has 0 bridgehead atoms. The third-order valence-corrected chi connectivity index (χ3v) is 3.16. The first-order valence-electron chi connectivity index (χ1n) is 7.05. The number of morpholine rings is 1. The third kappa shape index (κ3) is 6.66. The largest absolute Gasteiger partial charge is 0.374 e. The van der Waals surface area contributed by atoms with Gasteiger partial charge < -0.3 is 20.7 Å². The minimum atomic E-state index is 0.348. The third-order valence-electron chi connectivity index (χ3n) is 3.16. The van der Waals surface area contributed by atoms with Crippen LogP contribution in [0, 0.1) is 5.92 Å². The summed E-state index contributed by atoms with van der Waals surface area (Å²) in [6, 6.07) is 0. The smallest absolute Gasteiger partial charge is 0.0829 e. The number of nitrogens with one attached hydrogen (secondary N) is 1. The zero-order valence-corrected chi connectivity index (χ0v) is 12.2. The van der Waals surface area contributed by atoms with Crippen LogP contribution < -0.4 is 11.1 Å². The van der Waals surface area contributed by atoms with E-state index in [1.165, 1.54) is 0 Å². The summed E-state index contributed by atoms with van der Waals surface area (Å²) in [6.45, 7) is 12.2. The summed E-state index contributed by atoms with van der Waals surface area (Å²) in [5.74, 6) is 0.712. The van der Waals surface area contributed by atoms with Crippen LogP contribution in [-0.2, 0) is 4.74 Å². The maximum absolute atomic E-state index is 5.84. The van der Waals surface area contributed by atoms with Gasteiger partial charge in [0.1, 0.15) is 0 Å². The van der Waals surface area contributed by atoms with Crippen LogP contribution in [0.2, 0.25) is 0 Å². The Balaban J connectivity index is 2.21. The minimum Gasteiger partial charge on any atom is -0.374 e. The summed E-state index contributed by atoms with van der Waals surface area (Å²) in [6.07, 6.45) is 0.348. The molecule has 0 spiro atoms. The molecule has 0 radical (unpaired) electrons. The molecule has 1 aliphatic rings. The highest BCUT2D eigenvalue weighted by Crippen LogP contribution is 2.07. The number of ether oxygens (including phenoxy) is 1. The van der Waals surface area contributed by atoms with Crippen LogP contribution in [0.25, 0.3) is 0 Å². The van der Waals surface area contributed by atoms with Crippen LogP contribution in [0.15, 0.2) is 0 Å². The van der Waals surface area contributed by atoms with Gasteiger partial charge in [0.2, 0.25) is 0 Å². The average Bonchev–Trinajstić information content (AvgIpc) is 2.28. The zero-order chi connectivity index (χ0) is 13.4. The highest BCUT2D eigenvalue weighted by molar-refractivity contribution is 4.74. The summed E-state index contributed by atoms with van der Waals surface area (Å²) in [7, 11) is 2.18. The fraction of sp³-hybridized carbons (Fsp3) is 1.00. The topological polar surface area (TPSA) is 53.8 Å². The van der Waals surface area contributed by atoms with Crippen molar-refractivity contribution >= 4 is 0 Å². The molecule has 5 heteroatoms. The van der Waals surface area contributed by atoms with Crippen molar-refractivity contribution in [1.29, 1.82) is 0 Å². The van der Waals surface area contributed by atoms with E-state index in [-0.39, 0.29) is 0 Å². The molecule has 5 nitrogen and oxygen atoms in total. The second kappa shape index (κ2) is 8.82. The van der Waals surface area contributed by atoms with Crippen LogP contribution >= 0.6 is 0 Å². The molecule has 0 aromatic carbocycles. The molecule has 18 heavy (non-hydrogen) atoms. The van der Waals surface area contributed by atoms with E-state index in [9.17, 15) is 0 Å². The maximum Gasteiger partial charge on any atom is 0.0829 e. The van der Waals surface area contributed by atoms with Crippen molar-refractivity contribution in [3.05, 3.63) is 0 Å². The molecule has 0 aliphatic carbocycles. The van der Waals surface area contributed by atoms with Gasteiger partial charge in [-0.05, 0) is 13.0 Å². The number of hydrogen-bond donors (Lipinski definition) is 2. The first-order chi connectivity index (χ1) is 8.61. The Labute approximate surface area is 112 Å². The van der Waals surface area contributed by atoms with Crippen molar-refractivity contribution in [3.63, 3.8) is 0 Å². The lowest BCUT2D eigenvalue weighted by molar-refractivity contribution is -0.0408. The molecular formula is C13H30N4O. The van der Waals surface area contributed by atoms with E-state index in [1.807, 2.05) is 0 Å². The van der Waals surface area contributed by atoms with Crippen molar-refractivity contribution < 1.29 is 4.74 Å². The summed E-state index contributed by atoms with van der Waals surface area (Å²) in [4.78, 5) is 4.83. The highest BCUT2D eigenvalue weighted by Gasteiger charge is 2.21. The molecule has 1 fully saturated rings. The molecule has 1 rings (SSSR count). The van der Waals surface area contributed by atoms with Gasteiger partial charge in [-0.15, -0.1) is 0 Å². The van der Waals surface area contributed by atoms with E-state index in [2.05, 4.69) is 36.0 Å². The van der Waals surface area contributed by atoms with E-state index in [4.69, 9.17) is 10.5 Å². The Bertz CT molecular complexity index is 213. The molecule has 1 unspecified atom stereocenters. The van der Waals surface area contributed by atoms with Gasteiger partial charge in [-0.25, -0.2) is 0 Å². The minimum absolute atomic E-state index is 0.348. The summed E-state index contributed by atoms with van der Waals surface area (Å²) < 4.78 is 5.84. The van der Waals surface area contributed by atoms with E-state index >= 15 is 0 Å². The van der Waals surface area contributed by atoms with Gasteiger partial charge in [-0.1, -0.05) is 13.8 Å². The summed E-state index contributed by atoms with van der Waals surface area (Å²) >= 11 is 0. The Morgan fingerprint density at radius 1 is 1.50 bits per heavy atom. The Morgan fingerprint density at radius 3 is 2.94 bits per heavy atom. The first kappa shape index (κ1) is 15.9. The quantitative estimate of drug-likeness (QED) is 0.466. The van der Waals surface area contributed by atoms with Crippen molar-refractivity contribution in [2.24, 2.45) is 11.7 Å². The Kier molecular flexibility index (Phi) is 7.77. The second-order valence-electron chi connectivity index (χ2n) is 5.61. The van der Waals surface area contributed by atoms with Gasteiger partial charge >= 0.3 is 0 Å². The molecular weight excluding hydrogens is 228 g/mol. The van der Waals surface area contributed by atoms with Crippen molar-refractivity contribution in [2.45, 2.75) is 20.0 Å². The molecule has 0 aromatic rings. The van der Waals surface area contributed by atoms with Crippen molar-refractivity contribution in [2.75, 3.05) is 59.6 Å². The van der Waals surface area contributed by atoms with E-state index in [0.29, 0.717) is 18.7 Å². The molecule has 0 amide bonds. The molecule has 1 aliphatic heterocycles. The van der Waals surface area contributed by atoms with Crippen molar-refractivity contribution in [1.82, 2.24) is 15.1 Å². The maximum atomic E-state index is 5.84. The number of hydrogen-bond acceptors (Lipinski definition) is 5. The lowest BCUT2D eigenvalue weighted by atomic mass is 10.2. The Morgan fingerprint density at radius 2 is 2.28 bits per heavy atom. The lowest BCUT2D eigenvalue weighted by Crippen LogP contribution is -2.49. The summed E-state index contributed by atoms with van der Waals surface area (Å²) in [5, 5.41) is 3.16. The van der Waals surface area contributed by atoms with Gasteiger partial charge in [0.25, 0.3) is 0 Å². The van der Waals surface area contributed by atoms with E-state index < -0.39 is 0 Å². The van der Waals surface area contributed by atoms with Crippen LogP contribution in [0.5, 0.6) is 0 Å². The molecule has 3 N–H and O–H groups in total. The van der Waals surface area contributed by atoms with Crippen molar-refractivity contribution in [3.8, 4) is 0 Å². The second-order valence-corrected chi connectivity index (χ2v) is 5.61. The van der Waals surface area contributed by atoms with Gasteiger partial charge in [0.05, 0.1) is 12.7 Å². The van der Waals surface area contributed by atoms with Gasteiger partial charge in [-0.2, -0.15) is 0 Å². The van der Waals surface area contributed by atoms with Gasteiger partial charge in [-0.3, -0.25) is 4.90 Å². The summed E-state index contributed by atoms with van der Waals surface area (Å²) in [5.41, 5.74) is 5.42. The van der Waals surface area contributed by atoms with E-state index in [0.717, 1.165) is 45.9 Å². The molecule has 0 aromatic heterocycles. The number of likely N-dealkylation sites (N-methyl/N-ethyl adjacent to an activating group) is 1. The average molecular weight is 258 g/mol. The number of nitrogens with zero attached hydrogens (tertiary/aromatic N) is 2.